The molecule has 11 heteroatoms. The molecule has 0 bridgehead atoms. The lowest BCUT2D eigenvalue weighted by atomic mass is 10.0. The molecule has 9 nitrogen and oxygen atoms in total. The van der Waals surface area contributed by atoms with Gasteiger partial charge in [0.1, 0.15) is 12.6 Å². The van der Waals surface area contributed by atoms with E-state index < -0.39 is 34.1 Å². The van der Waals surface area contributed by atoms with Gasteiger partial charge in [0.05, 0.1) is 24.8 Å². The van der Waals surface area contributed by atoms with E-state index in [1.165, 1.54) is 37.3 Å². The second-order valence-corrected chi connectivity index (χ2v) is 14.7. The van der Waals surface area contributed by atoms with Crippen LogP contribution in [0.4, 0.5) is 5.69 Å². The minimum absolute atomic E-state index is 0.000324. The van der Waals surface area contributed by atoms with Crippen molar-refractivity contribution in [3.05, 3.63) is 119 Å². The maximum absolute atomic E-state index is 14.7. The molecule has 0 fully saturated rings. The highest BCUT2D eigenvalue weighted by Gasteiger charge is 2.36. The number of anilines is 1. The van der Waals surface area contributed by atoms with Crippen molar-refractivity contribution < 1.29 is 27.5 Å². The SMILES string of the molecule is COc1ccc(N(CC(=O)N(Cc2ccccc2Cl)C(Cc2ccccc2)C(=O)NC(C)(C)C)S(=O)(=O)c2ccc(C)cc2)cc1OC. The summed E-state index contributed by atoms with van der Waals surface area (Å²) in [5, 5.41) is 3.43. The average Bonchev–Trinajstić information content (AvgIpc) is 3.05. The molecule has 0 aliphatic carbocycles. The van der Waals surface area contributed by atoms with Gasteiger partial charge < -0.3 is 19.7 Å². The zero-order valence-corrected chi connectivity index (χ0v) is 29.6. The monoisotopic (exact) mass is 691 g/mol. The molecule has 1 atom stereocenters. The van der Waals surface area contributed by atoms with Gasteiger partial charge in [-0.1, -0.05) is 77.8 Å². The summed E-state index contributed by atoms with van der Waals surface area (Å²) in [7, 11) is -1.38. The van der Waals surface area contributed by atoms with Crippen LogP contribution in [0, 0.1) is 6.92 Å². The van der Waals surface area contributed by atoms with Crippen LogP contribution in [0.25, 0.3) is 0 Å². The summed E-state index contributed by atoms with van der Waals surface area (Å²) >= 11 is 6.58. The highest BCUT2D eigenvalue weighted by atomic mass is 35.5. The van der Waals surface area contributed by atoms with Crippen molar-refractivity contribution in [2.24, 2.45) is 0 Å². The van der Waals surface area contributed by atoms with E-state index in [1.807, 2.05) is 58.0 Å². The minimum atomic E-state index is -4.30. The Morgan fingerprint density at radius 1 is 0.854 bits per heavy atom. The molecular weight excluding hydrogens is 650 g/mol. The lowest BCUT2D eigenvalue weighted by Gasteiger charge is -2.35. The summed E-state index contributed by atoms with van der Waals surface area (Å²) in [6.45, 7) is 6.77. The Labute approximate surface area is 288 Å². The summed E-state index contributed by atoms with van der Waals surface area (Å²) in [4.78, 5) is 30.1. The number of ether oxygens (including phenoxy) is 2. The topological polar surface area (TPSA) is 105 Å². The van der Waals surface area contributed by atoms with E-state index in [-0.39, 0.29) is 35.2 Å². The highest BCUT2D eigenvalue weighted by molar-refractivity contribution is 7.92. The number of methoxy groups -OCH3 is 2. The fraction of sp³-hybridized carbons (Fsp3) is 0.297. The lowest BCUT2D eigenvalue weighted by Crippen LogP contribution is -2.56. The summed E-state index contributed by atoms with van der Waals surface area (Å²) in [5.74, 6) is -0.315. The third-order valence-corrected chi connectivity index (χ3v) is 9.77. The second-order valence-electron chi connectivity index (χ2n) is 12.4. The van der Waals surface area contributed by atoms with Crippen LogP contribution in [0.15, 0.2) is 102 Å². The molecule has 0 radical (unpaired) electrons. The van der Waals surface area contributed by atoms with E-state index >= 15 is 0 Å². The molecule has 0 saturated heterocycles. The van der Waals surface area contributed by atoms with Gasteiger partial charge in [0, 0.05) is 29.6 Å². The number of hydrogen-bond acceptors (Lipinski definition) is 6. The summed E-state index contributed by atoms with van der Waals surface area (Å²) in [6.07, 6.45) is 0.181. The molecule has 1 N–H and O–H groups in total. The van der Waals surface area contributed by atoms with E-state index in [0.29, 0.717) is 16.3 Å². The van der Waals surface area contributed by atoms with Gasteiger partial charge in [0.25, 0.3) is 10.0 Å². The number of amides is 2. The largest absolute Gasteiger partial charge is 0.493 e. The molecule has 0 saturated carbocycles. The van der Waals surface area contributed by atoms with Crippen molar-refractivity contribution in [2.75, 3.05) is 25.1 Å². The fourth-order valence-electron chi connectivity index (χ4n) is 5.16. The van der Waals surface area contributed by atoms with Crippen molar-refractivity contribution >= 4 is 39.1 Å². The molecular formula is C37H42ClN3O6S. The Hall–Kier alpha value is -4.54. The van der Waals surface area contributed by atoms with Crippen molar-refractivity contribution in [1.29, 1.82) is 0 Å². The Morgan fingerprint density at radius 3 is 2.08 bits per heavy atom. The Bertz CT molecular complexity index is 1830. The second kappa shape index (κ2) is 15.6. The van der Waals surface area contributed by atoms with Crippen molar-refractivity contribution in [3.63, 3.8) is 0 Å². The van der Waals surface area contributed by atoms with Gasteiger partial charge in [-0.3, -0.25) is 13.9 Å². The highest BCUT2D eigenvalue weighted by Crippen LogP contribution is 2.34. The smallest absolute Gasteiger partial charge is 0.264 e. The maximum Gasteiger partial charge on any atom is 0.264 e. The number of sulfonamides is 1. The van der Waals surface area contributed by atoms with Gasteiger partial charge in [-0.25, -0.2) is 8.42 Å². The van der Waals surface area contributed by atoms with Gasteiger partial charge in [-0.2, -0.15) is 0 Å². The number of halogens is 1. The van der Waals surface area contributed by atoms with Gasteiger partial charge in [-0.05, 0) is 69.2 Å². The predicted octanol–water partition coefficient (Wildman–Crippen LogP) is 6.42. The lowest BCUT2D eigenvalue weighted by molar-refractivity contribution is -0.140. The third kappa shape index (κ3) is 9.08. The van der Waals surface area contributed by atoms with Crippen LogP contribution >= 0.6 is 11.6 Å². The number of benzene rings is 4. The molecule has 0 heterocycles. The van der Waals surface area contributed by atoms with E-state index in [2.05, 4.69) is 5.32 Å². The number of aryl methyl sites for hydroxylation is 1. The van der Waals surface area contributed by atoms with Gasteiger partial charge >= 0.3 is 0 Å². The summed E-state index contributed by atoms with van der Waals surface area (Å²) in [6, 6.07) is 26.4. The first-order valence-corrected chi connectivity index (χ1v) is 17.3. The number of nitrogens with zero attached hydrogens (tertiary/aromatic N) is 2. The molecule has 0 spiro atoms. The number of nitrogens with one attached hydrogen (secondary N) is 1. The zero-order valence-electron chi connectivity index (χ0n) is 28.1. The van der Waals surface area contributed by atoms with Crippen molar-refractivity contribution in [1.82, 2.24) is 10.2 Å². The molecule has 254 valence electrons. The van der Waals surface area contributed by atoms with Crippen LogP contribution in [0.3, 0.4) is 0 Å². The Morgan fingerprint density at radius 2 is 1.48 bits per heavy atom. The number of carbonyl (C=O) groups is 2. The molecule has 2 amide bonds. The van der Waals surface area contributed by atoms with Crippen LogP contribution in [-0.4, -0.2) is 57.5 Å². The van der Waals surface area contributed by atoms with Crippen molar-refractivity contribution in [3.8, 4) is 11.5 Å². The third-order valence-electron chi connectivity index (χ3n) is 7.61. The average molecular weight is 692 g/mol. The first-order valence-electron chi connectivity index (χ1n) is 15.4. The van der Waals surface area contributed by atoms with Gasteiger partial charge in [0.2, 0.25) is 11.8 Å². The molecule has 0 aromatic heterocycles. The molecule has 1 unspecified atom stereocenters. The Balaban J connectivity index is 1.87. The van der Waals surface area contributed by atoms with Crippen LogP contribution in [0.1, 0.15) is 37.5 Å². The molecule has 4 aromatic carbocycles. The van der Waals surface area contributed by atoms with E-state index in [1.54, 1.807) is 48.5 Å². The number of hydrogen-bond donors (Lipinski definition) is 1. The molecule has 48 heavy (non-hydrogen) atoms. The van der Waals surface area contributed by atoms with Crippen LogP contribution in [0.2, 0.25) is 5.02 Å². The van der Waals surface area contributed by atoms with Crippen molar-refractivity contribution in [2.45, 2.75) is 57.1 Å². The Kier molecular flexibility index (Phi) is 11.8. The van der Waals surface area contributed by atoms with Gasteiger partial charge in [-0.15, -0.1) is 0 Å². The fourth-order valence-corrected chi connectivity index (χ4v) is 6.76. The maximum atomic E-state index is 14.7. The quantitative estimate of drug-likeness (QED) is 0.174. The molecule has 0 aliphatic heterocycles. The molecule has 4 rings (SSSR count). The van der Waals surface area contributed by atoms with Crippen LogP contribution in [0.5, 0.6) is 11.5 Å². The van der Waals surface area contributed by atoms with Crippen LogP contribution < -0.4 is 19.1 Å². The van der Waals surface area contributed by atoms with Gasteiger partial charge in [0.15, 0.2) is 11.5 Å². The summed E-state index contributed by atoms with van der Waals surface area (Å²) in [5.41, 5.74) is 1.88. The standard InChI is InChI=1S/C37H42ClN3O6S/c1-26-16-19-30(20-17-26)48(44,45)41(29-18-21-33(46-5)34(23-29)47-6)25-35(42)40(24-28-14-10-11-15-31(28)38)32(36(43)39-37(2,3)4)22-27-12-8-7-9-13-27/h7-21,23,32H,22,24-25H2,1-6H3,(H,39,43). The van der Waals surface area contributed by atoms with E-state index in [4.69, 9.17) is 21.1 Å². The normalized spacial score (nSPS) is 12.1. The first-order chi connectivity index (χ1) is 22.7. The van der Waals surface area contributed by atoms with Crippen LogP contribution in [-0.2, 0) is 32.6 Å². The van der Waals surface area contributed by atoms with E-state index in [9.17, 15) is 18.0 Å². The van der Waals surface area contributed by atoms with E-state index in [0.717, 1.165) is 15.4 Å². The minimum Gasteiger partial charge on any atom is -0.493 e. The number of rotatable bonds is 13. The molecule has 0 aliphatic rings. The zero-order chi connectivity index (χ0) is 35.1. The summed E-state index contributed by atoms with van der Waals surface area (Å²) < 4.78 is 40.6. The molecule has 4 aromatic rings. The first kappa shape index (κ1) is 36.3. The number of carbonyl (C=O) groups excluding carboxylic acids is 2. The predicted molar refractivity (Wildman–Crippen MR) is 189 cm³/mol.